The second-order valence-corrected chi connectivity index (χ2v) is 6.49. The van der Waals surface area contributed by atoms with Gasteiger partial charge in [-0.15, -0.1) is 12.4 Å². The summed E-state index contributed by atoms with van der Waals surface area (Å²) in [4.78, 5) is 30.5. The molecule has 0 N–H and O–H groups in total. The van der Waals surface area contributed by atoms with Gasteiger partial charge in [0.15, 0.2) is 0 Å². The summed E-state index contributed by atoms with van der Waals surface area (Å²) in [6.07, 6.45) is 0. The van der Waals surface area contributed by atoms with Crippen molar-refractivity contribution in [3.8, 4) is 0 Å². The Morgan fingerprint density at radius 1 is 0.958 bits per heavy atom. The lowest BCUT2D eigenvalue weighted by atomic mass is 10.2. The van der Waals surface area contributed by atoms with Crippen molar-refractivity contribution in [3.63, 3.8) is 0 Å². The number of halogens is 3. The molecule has 1 heterocycles. The van der Waals surface area contributed by atoms with Gasteiger partial charge in [-0.05, 0) is 18.2 Å². The molecule has 0 aliphatic carbocycles. The van der Waals surface area contributed by atoms with Gasteiger partial charge in [0.25, 0.3) is 0 Å². The molecule has 1 aliphatic heterocycles. The highest BCUT2D eigenvalue weighted by molar-refractivity contribution is 6.35. The lowest BCUT2D eigenvalue weighted by molar-refractivity contribution is 0.149. The van der Waals surface area contributed by atoms with Gasteiger partial charge in [-0.3, -0.25) is 0 Å². The Bertz CT molecular complexity index is 584. The van der Waals surface area contributed by atoms with Crippen LogP contribution in [-0.4, -0.2) is 74.1 Å². The van der Waals surface area contributed by atoms with Gasteiger partial charge < -0.3 is 14.7 Å². The lowest BCUT2D eigenvalue weighted by Gasteiger charge is -2.37. The molecule has 1 saturated heterocycles. The summed E-state index contributed by atoms with van der Waals surface area (Å²) in [6.45, 7) is 2.39. The van der Waals surface area contributed by atoms with Gasteiger partial charge in [-0.1, -0.05) is 23.2 Å². The number of urea groups is 2. The molecule has 6 nitrogen and oxygen atoms in total. The minimum atomic E-state index is -0.334. The fourth-order valence-electron chi connectivity index (χ4n) is 2.47. The first kappa shape index (κ1) is 20.7. The number of nitrogens with zero attached hydrogens (tertiary/aromatic N) is 4. The van der Waals surface area contributed by atoms with Crippen LogP contribution in [0.25, 0.3) is 0 Å². The van der Waals surface area contributed by atoms with Crippen LogP contribution < -0.4 is 4.90 Å². The minimum absolute atomic E-state index is 0. The summed E-state index contributed by atoms with van der Waals surface area (Å²) in [5.74, 6) is 0. The fraction of sp³-hybridized carbons (Fsp3) is 0.467. The largest absolute Gasteiger partial charge is 0.368 e. The molecule has 2 rings (SSSR count). The molecule has 134 valence electrons. The third kappa shape index (κ3) is 4.82. The predicted molar refractivity (Wildman–Crippen MR) is 99.7 cm³/mol. The molecule has 24 heavy (non-hydrogen) atoms. The van der Waals surface area contributed by atoms with Gasteiger partial charge in [0.2, 0.25) is 0 Å². The maximum Gasteiger partial charge on any atom is 0.328 e. The number of imide groups is 1. The number of hydrogen-bond acceptors (Lipinski definition) is 3. The van der Waals surface area contributed by atoms with E-state index in [0.29, 0.717) is 36.2 Å². The molecule has 0 saturated carbocycles. The highest BCUT2D eigenvalue weighted by Gasteiger charge is 2.27. The molecule has 0 bridgehead atoms. The van der Waals surface area contributed by atoms with Crippen LogP contribution in [-0.2, 0) is 0 Å². The Kier molecular flexibility index (Phi) is 7.45. The number of carbonyl (C=O) groups excluding carboxylic acids is 2. The van der Waals surface area contributed by atoms with E-state index in [-0.39, 0.29) is 24.5 Å². The van der Waals surface area contributed by atoms with Crippen LogP contribution in [0.4, 0.5) is 15.3 Å². The molecule has 1 aliphatic rings. The molecule has 0 spiro atoms. The molecule has 0 aromatic heterocycles. The molecule has 0 unspecified atom stereocenters. The number of piperazine rings is 1. The van der Waals surface area contributed by atoms with E-state index in [0.717, 1.165) is 10.6 Å². The monoisotopic (exact) mass is 394 g/mol. The molecule has 9 heteroatoms. The highest BCUT2D eigenvalue weighted by Crippen LogP contribution is 2.26. The number of benzene rings is 1. The Morgan fingerprint density at radius 3 is 1.92 bits per heavy atom. The van der Waals surface area contributed by atoms with Crippen LogP contribution in [0.1, 0.15) is 0 Å². The molecule has 0 atom stereocenters. The molecule has 1 aromatic carbocycles. The number of carbonyl (C=O) groups is 2. The van der Waals surface area contributed by atoms with E-state index >= 15 is 0 Å². The smallest absolute Gasteiger partial charge is 0.328 e. The van der Waals surface area contributed by atoms with Crippen molar-refractivity contribution in [2.24, 2.45) is 0 Å². The quantitative estimate of drug-likeness (QED) is 0.733. The number of anilines is 1. The van der Waals surface area contributed by atoms with Gasteiger partial charge >= 0.3 is 12.1 Å². The fourth-order valence-corrected chi connectivity index (χ4v) is 2.99. The van der Waals surface area contributed by atoms with Crippen molar-refractivity contribution in [3.05, 3.63) is 28.2 Å². The zero-order chi connectivity index (χ0) is 17.1. The zero-order valence-electron chi connectivity index (χ0n) is 13.8. The van der Waals surface area contributed by atoms with Crippen molar-refractivity contribution in [2.75, 3.05) is 52.2 Å². The SMILES string of the molecule is CN(C)C(=O)N(C)C(=O)N1CCN(c2cc(Cl)cc(Cl)c2)CC1.Cl. The molecular weight excluding hydrogens is 375 g/mol. The molecule has 1 aromatic rings. The Hall–Kier alpha value is -1.37. The summed E-state index contributed by atoms with van der Waals surface area (Å²) in [7, 11) is 4.73. The number of hydrogen-bond donors (Lipinski definition) is 0. The predicted octanol–water partition coefficient (Wildman–Crippen LogP) is 3.27. The first-order valence-corrected chi connectivity index (χ1v) is 8.00. The average molecular weight is 396 g/mol. The van der Waals surface area contributed by atoms with Crippen LogP contribution in [0.5, 0.6) is 0 Å². The highest BCUT2D eigenvalue weighted by atomic mass is 35.5. The lowest BCUT2D eigenvalue weighted by Crippen LogP contribution is -2.54. The van der Waals surface area contributed by atoms with Crippen molar-refractivity contribution in [1.82, 2.24) is 14.7 Å². The van der Waals surface area contributed by atoms with Gasteiger partial charge in [0, 0.05) is 63.1 Å². The van der Waals surface area contributed by atoms with Crippen molar-refractivity contribution < 1.29 is 9.59 Å². The van der Waals surface area contributed by atoms with Crippen LogP contribution in [0.15, 0.2) is 18.2 Å². The van der Waals surface area contributed by atoms with E-state index in [2.05, 4.69) is 4.90 Å². The summed E-state index contributed by atoms with van der Waals surface area (Å²) >= 11 is 12.1. The average Bonchev–Trinajstić information content (AvgIpc) is 2.52. The maximum atomic E-state index is 12.3. The van der Waals surface area contributed by atoms with E-state index in [1.54, 1.807) is 25.1 Å². The van der Waals surface area contributed by atoms with E-state index < -0.39 is 0 Å². The third-order valence-electron chi connectivity index (χ3n) is 3.72. The first-order chi connectivity index (χ1) is 10.8. The minimum Gasteiger partial charge on any atom is -0.368 e. The van der Waals surface area contributed by atoms with Crippen molar-refractivity contribution in [2.45, 2.75) is 0 Å². The number of rotatable bonds is 1. The summed E-state index contributed by atoms with van der Waals surface area (Å²) in [6, 6.07) is 4.78. The maximum absolute atomic E-state index is 12.3. The molecule has 4 amide bonds. The van der Waals surface area contributed by atoms with E-state index in [1.165, 1.54) is 11.9 Å². The Labute approximate surface area is 158 Å². The van der Waals surface area contributed by atoms with Gasteiger partial charge in [-0.25, -0.2) is 14.5 Å². The molecule has 1 fully saturated rings. The van der Waals surface area contributed by atoms with Crippen LogP contribution >= 0.6 is 35.6 Å². The standard InChI is InChI=1S/C15H20Cl2N4O2.ClH/c1-18(2)14(22)19(3)15(23)21-6-4-20(5-7-21)13-9-11(16)8-12(17)10-13;/h8-10H,4-7H2,1-3H3;1H. The Balaban J connectivity index is 0.00000288. The summed E-state index contributed by atoms with van der Waals surface area (Å²) in [5.41, 5.74) is 0.937. The van der Waals surface area contributed by atoms with Crippen LogP contribution in [0.3, 0.4) is 0 Å². The van der Waals surface area contributed by atoms with Gasteiger partial charge in [0.05, 0.1) is 0 Å². The third-order valence-corrected chi connectivity index (χ3v) is 4.16. The van der Waals surface area contributed by atoms with E-state index in [4.69, 9.17) is 23.2 Å². The van der Waals surface area contributed by atoms with Crippen molar-refractivity contribution in [1.29, 1.82) is 0 Å². The molecular formula is C15H21Cl3N4O2. The van der Waals surface area contributed by atoms with Gasteiger partial charge in [0.1, 0.15) is 0 Å². The van der Waals surface area contributed by atoms with Crippen LogP contribution in [0.2, 0.25) is 10.0 Å². The summed E-state index contributed by atoms with van der Waals surface area (Å²) < 4.78 is 0. The number of amides is 4. The van der Waals surface area contributed by atoms with E-state index in [9.17, 15) is 9.59 Å². The zero-order valence-corrected chi connectivity index (χ0v) is 16.2. The topological polar surface area (TPSA) is 47.1 Å². The Morgan fingerprint density at radius 2 is 1.46 bits per heavy atom. The van der Waals surface area contributed by atoms with E-state index in [1.807, 2.05) is 12.1 Å². The first-order valence-electron chi connectivity index (χ1n) is 7.24. The van der Waals surface area contributed by atoms with Crippen LogP contribution in [0, 0.1) is 0 Å². The van der Waals surface area contributed by atoms with Gasteiger partial charge in [-0.2, -0.15) is 0 Å². The molecule has 0 radical (unpaired) electrons. The normalized spacial score (nSPS) is 14.0. The second-order valence-electron chi connectivity index (χ2n) is 5.62. The summed E-state index contributed by atoms with van der Waals surface area (Å²) in [5, 5.41) is 1.17. The van der Waals surface area contributed by atoms with Crippen molar-refractivity contribution >= 4 is 53.4 Å². The second kappa shape index (κ2) is 8.65.